The number of hydrogen-bond acceptors (Lipinski definition) is 5. The molecule has 1 saturated carbocycles. The molecule has 7 heteroatoms. The number of nitrogens with zero attached hydrogens (tertiary/aromatic N) is 4. The smallest absolute Gasteiger partial charge is 0.237 e. The van der Waals surface area contributed by atoms with Crippen LogP contribution >= 0.6 is 11.8 Å². The van der Waals surface area contributed by atoms with Crippen LogP contribution in [0.2, 0.25) is 0 Å². The molecular formula is C28H32N4O2S. The van der Waals surface area contributed by atoms with Crippen molar-refractivity contribution in [3.63, 3.8) is 0 Å². The molecule has 0 spiro atoms. The summed E-state index contributed by atoms with van der Waals surface area (Å²) in [6, 6.07) is 18.7. The highest BCUT2D eigenvalue weighted by Gasteiger charge is 2.35. The maximum absolute atomic E-state index is 13.4. The van der Waals surface area contributed by atoms with Crippen molar-refractivity contribution in [1.29, 1.82) is 0 Å². The van der Waals surface area contributed by atoms with Crippen molar-refractivity contribution in [2.45, 2.75) is 62.7 Å². The van der Waals surface area contributed by atoms with Gasteiger partial charge in [-0.2, -0.15) is 0 Å². The standard InChI is InChI=1S/C28H32N4O2S/c1-34-25-15-9-8-14-24(25)27-29-30-28(31(27)19-18-21-10-4-2-5-11-21)35-20-26(33)32(23-16-17-23)22-12-6-3-7-13-22/h2,4-5,8-12,14-15,23H,3,6-7,13,16-20H2,1H3. The molecule has 35 heavy (non-hydrogen) atoms. The van der Waals surface area contributed by atoms with Gasteiger partial charge in [0.05, 0.1) is 18.4 Å². The zero-order valence-corrected chi connectivity index (χ0v) is 21.0. The molecule has 5 rings (SSSR count). The summed E-state index contributed by atoms with van der Waals surface area (Å²) in [6.45, 7) is 0.721. The summed E-state index contributed by atoms with van der Waals surface area (Å²) >= 11 is 1.49. The molecule has 2 aromatic carbocycles. The number of methoxy groups -OCH3 is 1. The van der Waals surface area contributed by atoms with Crippen LogP contribution in [0, 0.1) is 0 Å². The molecule has 0 saturated heterocycles. The first-order chi connectivity index (χ1) is 17.2. The van der Waals surface area contributed by atoms with Crippen LogP contribution in [0.4, 0.5) is 0 Å². The van der Waals surface area contributed by atoms with Crippen molar-refractivity contribution in [3.8, 4) is 17.1 Å². The van der Waals surface area contributed by atoms with E-state index in [1.54, 1.807) is 7.11 Å². The number of aromatic nitrogens is 3. The van der Waals surface area contributed by atoms with E-state index in [1.165, 1.54) is 35.9 Å². The molecule has 0 N–H and O–H groups in total. The monoisotopic (exact) mass is 488 g/mol. The fourth-order valence-electron chi connectivity index (χ4n) is 4.68. The molecule has 0 aliphatic heterocycles. The maximum atomic E-state index is 13.4. The van der Waals surface area contributed by atoms with Crippen LogP contribution in [-0.4, -0.2) is 44.5 Å². The number of aryl methyl sites for hydroxylation is 1. The SMILES string of the molecule is COc1ccccc1-c1nnc(SCC(=O)N(C2=CCCCC2)C2CC2)n1CCc1ccccc1. The molecular weight excluding hydrogens is 456 g/mol. The van der Waals surface area contributed by atoms with Crippen molar-refractivity contribution in [2.24, 2.45) is 0 Å². The Labute approximate surface area is 211 Å². The number of para-hydroxylation sites is 1. The highest BCUT2D eigenvalue weighted by molar-refractivity contribution is 7.99. The molecule has 182 valence electrons. The lowest BCUT2D eigenvalue weighted by molar-refractivity contribution is -0.127. The third-order valence-corrected chi connectivity index (χ3v) is 7.57. The topological polar surface area (TPSA) is 60.3 Å². The Hall–Kier alpha value is -3.06. The number of carbonyl (C=O) groups is 1. The van der Waals surface area contributed by atoms with E-state index >= 15 is 0 Å². The van der Waals surface area contributed by atoms with Gasteiger partial charge in [0.1, 0.15) is 5.75 Å². The summed E-state index contributed by atoms with van der Waals surface area (Å²) < 4.78 is 7.73. The summed E-state index contributed by atoms with van der Waals surface area (Å²) in [6.07, 6.45) is 9.83. The zero-order valence-electron chi connectivity index (χ0n) is 20.2. The van der Waals surface area contributed by atoms with Crippen LogP contribution in [0.3, 0.4) is 0 Å². The molecule has 2 aliphatic rings. The lowest BCUT2D eigenvalue weighted by Gasteiger charge is -2.27. The number of allylic oxidation sites excluding steroid dienone is 2. The largest absolute Gasteiger partial charge is 0.496 e. The first-order valence-electron chi connectivity index (χ1n) is 12.5. The van der Waals surface area contributed by atoms with Gasteiger partial charge in [-0.3, -0.25) is 4.79 Å². The quantitative estimate of drug-likeness (QED) is 0.341. The highest BCUT2D eigenvalue weighted by atomic mass is 32.2. The van der Waals surface area contributed by atoms with Gasteiger partial charge in [0, 0.05) is 18.3 Å². The molecule has 1 amide bonds. The number of rotatable bonds is 10. The second kappa shape index (κ2) is 11.1. The maximum Gasteiger partial charge on any atom is 0.237 e. The number of thioether (sulfide) groups is 1. The van der Waals surface area contributed by atoms with E-state index in [0.29, 0.717) is 11.8 Å². The molecule has 1 heterocycles. The molecule has 0 unspecified atom stereocenters. The Balaban J connectivity index is 1.38. The molecule has 0 radical (unpaired) electrons. The van der Waals surface area contributed by atoms with Crippen LogP contribution in [0.25, 0.3) is 11.4 Å². The first kappa shape index (κ1) is 23.7. The minimum Gasteiger partial charge on any atom is -0.496 e. The van der Waals surface area contributed by atoms with Gasteiger partial charge in [-0.25, -0.2) is 0 Å². The van der Waals surface area contributed by atoms with Gasteiger partial charge in [-0.15, -0.1) is 10.2 Å². The molecule has 3 aromatic rings. The number of carbonyl (C=O) groups excluding carboxylic acids is 1. The Morgan fingerprint density at radius 1 is 1.09 bits per heavy atom. The van der Waals surface area contributed by atoms with Crippen molar-refractivity contribution >= 4 is 17.7 Å². The first-order valence-corrected chi connectivity index (χ1v) is 13.5. The summed E-state index contributed by atoms with van der Waals surface area (Å²) in [4.78, 5) is 15.4. The minimum absolute atomic E-state index is 0.183. The normalized spacial score (nSPS) is 15.5. The lowest BCUT2D eigenvalue weighted by atomic mass is 10.0. The average molecular weight is 489 g/mol. The van der Waals surface area contributed by atoms with Gasteiger partial charge in [-0.1, -0.05) is 60.3 Å². The fraction of sp³-hybridized carbons (Fsp3) is 0.393. The van der Waals surface area contributed by atoms with E-state index in [9.17, 15) is 4.79 Å². The number of hydrogen-bond donors (Lipinski definition) is 0. The van der Waals surface area contributed by atoms with Crippen LogP contribution in [0.5, 0.6) is 5.75 Å². The van der Waals surface area contributed by atoms with Gasteiger partial charge in [0.15, 0.2) is 11.0 Å². The van der Waals surface area contributed by atoms with Crippen molar-refractivity contribution in [2.75, 3.05) is 12.9 Å². The number of amides is 1. The molecule has 6 nitrogen and oxygen atoms in total. The number of ether oxygens (including phenoxy) is 1. The van der Waals surface area contributed by atoms with E-state index in [4.69, 9.17) is 4.74 Å². The van der Waals surface area contributed by atoms with Crippen molar-refractivity contribution in [1.82, 2.24) is 19.7 Å². The third kappa shape index (κ3) is 5.61. The van der Waals surface area contributed by atoms with Crippen molar-refractivity contribution < 1.29 is 9.53 Å². The summed E-state index contributed by atoms with van der Waals surface area (Å²) in [5, 5.41) is 9.83. The average Bonchev–Trinajstić information content (AvgIpc) is 3.66. The molecule has 0 atom stereocenters. The summed E-state index contributed by atoms with van der Waals surface area (Å²) in [5.41, 5.74) is 3.38. The Morgan fingerprint density at radius 2 is 1.89 bits per heavy atom. The van der Waals surface area contributed by atoms with E-state index in [0.717, 1.165) is 60.9 Å². The molecule has 2 aliphatic carbocycles. The van der Waals surface area contributed by atoms with E-state index in [2.05, 4.69) is 50.0 Å². The highest BCUT2D eigenvalue weighted by Crippen LogP contribution is 2.35. The second-order valence-corrected chi connectivity index (χ2v) is 10.1. The molecule has 0 bridgehead atoms. The zero-order chi connectivity index (χ0) is 24.0. The van der Waals surface area contributed by atoms with E-state index < -0.39 is 0 Å². The second-order valence-electron chi connectivity index (χ2n) is 9.12. The molecule has 1 fully saturated rings. The van der Waals surface area contributed by atoms with Crippen LogP contribution in [0.15, 0.2) is 71.5 Å². The predicted molar refractivity (Wildman–Crippen MR) is 139 cm³/mol. The predicted octanol–water partition coefficient (Wildman–Crippen LogP) is 5.74. The van der Waals surface area contributed by atoms with Gasteiger partial charge >= 0.3 is 0 Å². The van der Waals surface area contributed by atoms with Crippen molar-refractivity contribution in [3.05, 3.63) is 71.9 Å². The Kier molecular flexibility index (Phi) is 7.52. The number of benzene rings is 2. The summed E-state index contributed by atoms with van der Waals surface area (Å²) in [5.74, 6) is 2.07. The van der Waals surface area contributed by atoms with E-state index in [1.807, 2.05) is 30.3 Å². The van der Waals surface area contributed by atoms with Gasteiger partial charge in [0.2, 0.25) is 5.91 Å². The van der Waals surface area contributed by atoms with Crippen LogP contribution < -0.4 is 4.74 Å². The van der Waals surface area contributed by atoms with Gasteiger partial charge in [0.25, 0.3) is 0 Å². The minimum atomic E-state index is 0.183. The Bertz CT molecular complexity index is 1190. The fourth-order valence-corrected chi connectivity index (χ4v) is 5.50. The van der Waals surface area contributed by atoms with Gasteiger partial charge in [-0.05, 0) is 62.6 Å². The van der Waals surface area contributed by atoms with Gasteiger partial charge < -0.3 is 14.2 Å². The summed E-state index contributed by atoms with van der Waals surface area (Å²) in [7, 11) is 1.67. The lowest BCUT2D eigenvalue weighted by Crippen LogP contribution is -2.34. The Morgan fingerprint density at radius 3 is 2.63 bits per heavy atom. The van der Waals surface area contributed by atoms with Crippen LogP contribution in [-0.2, 0) is 17.8 Å². The van der Waals surface area contributed by atoms with E-state index in [-0.39, 0.29) is 5.91 Å². The van der Waals surface area contributed by atoms with Crippen LogP contribution in [0.1, 0.15) is 44.1 Å². The molecule has 1 aromatic heterocycles. The third-order valence-electron chi connectivity index (χ3n) is 6.61.